The molecule has 12 heteroatoms. The van der Waals surface area contributed by atoms with Crippen molar-refractivity contribution in [3.05, 3.63) is 0 Å². The summed E-state index contributed by atoms with van der Waals surface area (Å²) in [4.78, 5) is 56.4. The van der Waals surface area contributed by atoms with Crippen molar-refractivity contribution < 1.29 is 48.0 Å². The maximum atomic E-state index is 11.7. The van der Waals surface area contributed by atoms with Gasteiger partial charge in [0.2, 0.25) is 11.8 Å². The van der Waals surface area contributed by atoms with Gasteiger partial charge in [0.15, 0.2) is 11.6 Å². The lowest BCUT2D eigenvalue weighted by Crippen LogP contribution is -2.29. The molecule has 0 aromatic carbocycles. The van der Waals surface area contributed by atoms with Crippen LogP contribution in [0.2, 0.25) is 0 Å². The molecule has 324 valence electrons. The summed E-state index contributed by atoms with van der Waals surface area (Å²) in [7, 11) is 0. The van der Waals surface area contributed by atoms with E-state index in [1.54, 1.807) is 6.92 Å². The predicted molar refractivity (Wildman–Crippen MR) is 219 cm³/mol. The zero-order valence-electron chi connectivity index (χ0n) is 35.5. The van der Waals surface area contributed by atoms with Crippen LogP contribution in [0.15, 0.2) is 0 Å². The molecular formula is C43H82N2O10. The highest BCUT2D eigenvalue weighted by Crippen LogP contribution is 2.14. The molecule has 0 rings (SSSR count). The number of aliphatic hydroxyl groups excluding tert-OH is 1. The van der Waals surface area contributed by atoms with Crippen molar-refractivity contribution in [2.45, 2.75) is 169 Å². The normalized spacial score (nSPS) is 11.4. The number of ketones is 3. The van der Waals surface area contributed by atoms with Gasteiger partial charge in [0, 0.05) is 45.4 Å². The highest BCUT2D eigenvalue weighted by Gasteiger charge is 2.14. The Morgan fingerprint density at radius 1 is 0.527 bits per heavy atom. The number of Topliss-reactive ketones (excluding diaryl/α,β-unsaturated/α-hetero) is 3. The van der Waals surface area contributed by atoms with Crippen molar-refractivity contribution in [2.24, 2.45) is 5.92 Å². The summed E-state index contributed by atoms with van der Waals surface area (Å²) in [5.74, 6) is -0.196. The summed E-state index contributed by atoms with van der Waals surface area (Å²) >= 11 is 0. The molecule has 0 unspecified atom stereocenters. The van der Waals surface area contributed by atoms with E-state index < -0.39 is 6.61 Å². The fourth-order valence-corrected chi connectivity index (χ4v) is 5.80. The molecule has 55 heavy (non-hydrogen) atoms. The minimum absolute atomic E-state index is 0.00928. The molecule has 0 aliphatic carbocycles. The Morgan fingerprint density at radius 3 is 1.58 bits per heavy atom. The third-order valence-corrected chi connectivity index (χ3v) is 9.14. The van der Waals surface area contributed by atoms with Crippen LogP contribution in [0.5, 0.6) is 0 Å². The second-order valence-corrected chi connectivity index (χ2v) is 14.4. The number of unbranched alkanes of at least 4 members (excludes halogenated alkanes) is 15. The molecule has 12 nitrogen and oxygen atoms in total. The zero-order chi connectivity index (χ0) is 41.0. The van der Waals surface area contributed by atoms with Gasteiger partial charge in [0.25, 0.3) is 0 Å². The lowest BCUT2D eigenvalue weighted by atomic mass is 9.95. The Balaban J connectivity index is 0. The molecule has 3 N–H and O–H groups in total. The topological polar surface area (TPSA) is 167 Å². The van der Waals surface area contributed by atoms with Crippen molar-refractivity contribution in [2.75, 3.05) is 72.6 Å². The predicted octanol–water partition coefficient (Wildman–Crippen LogP) is 7.25. The number of amides is 2. The van der Waals surface area contributed by atoms with Crippen LogP contribution in [0.1, 0.15) is 169 Å². The fraction of sp³-hybridized carbons (Fsp3) is 0.884. The summed E-state index contributed by atoms with van der Waals surface area (Å²) in [5.41, 5.74) is 0. The van der Waals surface area contributed by atoms with E-state index in [2.05, 4.69) is 17.6 Å². The zero-order valence-corrected chi connectivity index (χ0v) is 35.5. The van der Waals surface area contributed by atoms with Crippen LogP contribution in [0, 0.1) is 5.92 Å². The molecule has 0 saturated carbocycles. The second kappa shape index (κ2) is 44.5. The second-order valence-electron chi connectivity index (χ2n) is 14.4. The van der Waals surface area contributed by atoms with E-state index in [1.807, 2.05) is 6.92 Å². The third-order valence-electron chi connectivity index (χ3n) is 9.14. The average molecular weight is 787 g/mol. The van der Waals surface area contributed by atoms with Gasteiger partial charge in [-0.1, -0.05) is 110 Å². The van der Waals surface area contributed by atoms with E-state index in [9.17, 15) is 24.0 Å². The molecule has 2 amide bonds. The minimum Gasteiger partial charge on any atom is -0.389 e. The molecule has 0 aromatic heterocycles. The summed E-state index contributed by atoms with van der Waals surface area (Å²) in [6, 6.07) is 0. The molecule has 0 saturated heterocycles. The molecule has 0 aromatic rings. The van der Waals surface area contributed by atoms with Gasteiger partial charge < -0.3 is 39.5 Å². The van der Waals surface area contributed by atoms with Crippen LogP contribution in [0.3, 0.4) is 0 Å². The highest BCUT2D eigenvalue weighted by atomic mass is 16.5. The Labute approximate surface area is 334 Å². The minimum atomic E-state index is -0.413. The van der Waals surface area contributed by atoms with Crippen LogP contribution >= 0.6 is 0 Å². The lowest BCUT2D eigenvalue weighted by molar-refractivity contribution is -0.127. The van der Waals surface area contributed by atoms with Crippen molar-refractivity contribution in [1.29, 1.82) is 0 Å². The number of hydrogen-bond donors (Lipinski definition) is 3. The van der Waals surface area contributed by atoms with Gasteiger partial charge in [-0.25, -0.2) is 0 Å². The van der Waals surface area contributed by atoms with E-state index in [-0.39, 0.29) is 49.1 Å². The van der Waals surface area contributed by atoms with Gasteiger partial charge in [-0.15, -0.1) is 0 Å². The fourth-order valence-electron chi connectivity index (χ4n) is 5.80. The van der Waals surface area contributed by atoms with Gasteiger partial charge in [0.05, 0.1) is 33.0 Å². The average Bonchev–Trinajstić information content (AvgIpc) is 3.16. The number of aliphatic hydroxyl groups is 1. The monoisotopic (exact) mass is 787 g/mol. The number of rotatable bonds is 41. The van der Waals surface area contributed by atoms with E-state index >= 15 is 0 Å². The Bertz CT molecular complexity index is 918. The number of nitrogens with one attached hydrogen (secondary N) is 2. The maximum absolute atomic E-state index is 11.7. The smallest absolute Gasteiger partial charge is 0.245 e. The van der Waals surface area contributed by atoms with Crippen LogP contribution in [0.25, 0.3) is 0 Å². The number of ether oxygens (including phenoxy) is 4. The largest absolute Gasteiger partial charge is 0.389 e. The van der Waals surface area contributed by atoms with Crippen LogP contribution in [0.4, 0.5) is 0 Å². The summed E-state index contributed by atoms with van der Waals surface area (Å²) in [6.45, 7) is 10.0. The SMILES string of the molecule is CCCCCCCCCCCCCCCCCC(C)=O.CC[C@@H](CCCCNC(=O)COCCOCCCC(=O)COCCOCCNC(C)=O)C(=O)CO. The quantitative estimate of drug-likeness (QED) is 0.0538. The molecular weight excluding hydrogens is 704 g/mol. The van der Waals surface area contributed by atoms with Crippen LogP contribution in [-0.2, 0) is 42.9 Å². The molecule has 0 fully saturated rings. The first kappa shape index (κ1) is 54.8. The molecule has 0 heterocycles. The van der Waals surface area contributed by atoms with Crippen LogP contribution in [-0.4, -0.2) is 107 Å². The Hall–Kier alpha value is -2.25. The highest BCUT2D eigenvalue weighted by molar-refractivity contribution is 5.82. The van der Waals surface area contributed by atoms with Crippen LogP contribution < -0.4 is 10.6 Å². The molecule has 0 aliphatic rings. The van der Waals surface area contributed by atoms with Gasteiger partial charge in [-0.2, -0.15) is 0 Å². The molecule has 0 bridgehead atoms. The molecule has 0 aliphatic heterocycles. The van der Waals surface area contributed by atoms with Gasteiger partial charge in [-0.3, -0.25) is 19.2 Å². The van der Waals surface area contributed by atoms with E-state index in [4.69, 9.17) is 24.1 Å². The number of carbonyl (C=O) groups excluding carboxylic acids is 5. The van der Waals surface area contributed by atoms with Gasteiger partial charge >= 0.3 is 0 Å². The first-order valence-electron chi connectivity index (χ1n) is 21.6. The lowest BCUT2D eigenvalue weighted by Gasteiger charge is -2.12. The first-order chi connectivity index (χ1) is 26.7. The molecule has 0 radical (unpaired) electrons. The van der Waals surface area contributed by atoms with Crippen molar-refractivity contribution in [3.8, 4) is 0 Å². The first-order valence-corrected chi connectivity index (χ1v) is 21.6. The number of hydrogen-bond acceptors (Lipinski definition) is 10. The summed E-state index contributed by atoms with van der Waals surface area (Å²) in [5, 5.41) is 14.3. The summed E-state index contributed by atoms with van der Waals surface area (Å²) in [6.07, 6.45) is 25.5. The molecule has 1 atom stereocenters. The van der Waals surface area contributed by atoms with E-state index in [1.165, 1.54) is 96.8 Å². The van der Waals surface area contributed by atoms with Crippen molar-refractivity contribution in [1.82, 2.24) is 10.6 Å². The van der Waals surface area contributed by atoms with E-state index in [0.717, 1.165) is 32.1 Å². The van der Waals surface area contributed by atoms with E-state index in [0.29, 0.717) is 71.2 Å². The standard InChI is InChI=1S/C24H44N2O9.C19H38O/c1-3-21(23(30)17-27)7-4-5-9-26-24(31)19-35-16-13-32-11-6-8-22(29)18-34-15-14-33-12-10-25-20(2)28;1-3-4-5-6-7-8-9-10-11-12-13-14-15-16-17-18-19(2)20/h21,27H,3-19H2,1-2H3,(H,25,28)(H,26,31);3-18H2,1-2H3/t21-;/m0./s1. The van der Waals surface area contributed by atoms with Crippen molar-refractivity contribution in [3.63, 3.8) is 0 Å². The third kappa shape index (κ3) is 46.0. The van der Waals surface area contributed by atoms with Crippen molar-refractivity contribution >= 4 is 29.2 Å². The summed E-state index contributed by atoms with van der Waals surface area (Å²) < 4.78 is 21.2. The number of carbonyl (C=O) groups is 5. The van der Waals surface area contributed by atoms with Gasteiger partial charge in [-0.05, 0) is 39.0 Å². The van der Waals surface area contributed by atoms with Gasteiger partial charge in [0.1, 0.15) is 25.6 Å². The maximum Gasteiger partial charge on any atom is 0.245 e. The molecule has 0 spiro atoms. The Morgan fingerprint density at radius 2 is 1.05 bits per heavy atom. The Kier molecular flexibility index (Phi) is 44.3.